The Hall–Kier alpha value is -0.370. The average Bonchev–Trinajstić information content (AvgIpc) is 2.03. The summed E-state index contributed by atoms with van der Waals surface area (Å²) in [5.74, 6) is 0.598. The molecule has 70 valence electrons. The van der Waals surface area contributed by atoms with E-state index in [9.17, 15) is 9.90 Å². The van der Waals surface area contributed by atoms with E-state index < -0.39 is 5.60 Å². The summed E-state index contributed by atoms with van der Waals surface area (Å²) in [5, 5.41) is 9.64. The van der Waals surface area contributed by atoms with Crippen LogP contribution in [-0.2, 0) is 4.79 Å². The first kappa shape index (κ1) is 9.72. The Bertz CT molecular complexity index is 163. The number of hydrogen-bond acceptors (Lipinski definition) is 2. The zero-order valence-corrected chi connectivity index (χ0v) is 7.97. The van der Waals surface area contributed by atoms with Crippen molar-refractivity contribution in [2.75, 3.05) is 0 Å². The third kappa shape index (κ3) is 2.31. The average molecular weight is 170 g/mol. The predicted molar refractivity (Wildman–Crippen MR) is 47.9 cm³/mol. The highest BCUT2D eigenvalue weighted by atomic mass is 16.3. The van der Waals surface area contributed by atoms with E-state index >= 15 is 0 Å². The number of ketones is 1. The Balaban J connectivity index is 2.41. The van der Waals surface area contributed by atoms with Crippen molar-refractivity contribution >= 4 is 5.78 Å². The van der Waals surface area contributed by atoms with E-state index in [4.69, 9.17) is 0 Å². The van der Waals surface area contributed by atoms with Gasteiger partial charge in [-0.25, -0.2) is 0 Å². The Morgan fingerprint density at radius 3 is 2.42 bits per heavy atom. The summed E-state index contributed by atoms with van der Waals surface area (Å²) in [4.78, 5) is 11.3. The third-order valence-electron chi connectivity index (χ3n) is 2.87. The lowest BCUT2D eigenvalue weighted by Crippen LogP contribution is -2.32. The molecule has 0 heterocycles. The molecule has 0 atom stereocenters. The Labute approximate surface area is 74.0 Å². The minimum Gasteiger partial charge on any atom is -0.390 e. The van der Waals surface area contributed by atoms with Gasteiger partial charge in [0.2, 0.25) is 0 Å². The summed E-state index contributed by atoms with van der Waals surface area (Å²) in [6, 6.07) is 0. The maximum absolute atomic E-state index is 11.3. The Morgan fingerprint density at radius 2 is 2.00 bits per heavy atom. The van der Waals surface area contributed by atoms with Crippen molar-refractivity contribution in [3.05, 3.63) is 0 Å². The monoisotopic (exact) mass is 170 g/mol. The van der Waals surface area contributed by atoms with Gasteiger partial charge in [0.25, 0.3) is 0 Å². The predicted octanol–water partition coefficient (Wildman–Crippen LogP) is 1.91. The molecule has 2 heteroatoms. The minimum absolute atomic E-state index is 0.232. The van der Waals surface area contributed by atoms with Crippen LogP contribution in [0.2, 0.25) is 0 Å². The maximum atomic E-state index is 11.3. The standard InChI is InChI=1S/C10H18O2/c1-3-9(11)8-4-6-10(2,12)7-5-8/h8,12H,3-7H2,1-2H3. The van der Waals surface area contributed by atoms with Gasteiger partial charge in [0.05, 0.1) is 5.60 Å². The highest BCUT2D eigenvalue weighted by Gasteiger charge is 2.30. The van der Waals surface area contributed by atoms with Crippen molar-refractivity contribution < 1.29 is 9.90 Å². The summed E-state index contributed by atoms with van der Waals surface area (Å²) in [5.41, 5.74) is -0.509. The summed E-state index contributed by atoms with van der Waals surface area (Å²) >= 11 is 0. The molecule has 1 rings (SSSR count). The van der Waals surface area contributed by atoms with Crippen LogP contribution in [0.4, 0.5) is 0 Å². The third-order valence-corrected chi connectivity index (χ3v) is 2.87. The normalized spacial score (nSPS) is 36.4. The molecule has 0 radical (unpaired) electrons. The molecule has 0 aliphatic heterocycles. The molecule has 1 fully saturated rings. The highest BCUT2D eigenvalue weighted by molar-refractivity contribution is 5.80. The van der Waals surface area contributed by atoms with Gasteiger partial charge in [-0.2, -0.15) is 0 Å². The molecule has 0 saturated heterocycles. The van der Waals surface area contributed by atoms with E-state index in [0.29, 0.717) is 12.2 Å². The Kier molecular flexibility index (Phi) is 2.89. The topological polar surface area (TPSA) is 37.3 Å². The van der Waals surface area contributed by atoms with Crippen LogP contribution >= 0.6 is 0 Å². The molecular formula is C10H18O2. The SMILES string of the molecule is CCC(=O)C1CCC(C)(O)CC1. The van der Waals surface area contributed by atoms with Crippen LogP contribution in [0.1, 0.15) is 46.0 Å². The molecule has 0 aromatic carbocycles. The van der Waals surface area contributed by atoms with Crippen LogP contribution in [0, 0.1) is 5.92 Å². The first-order valence-corrected chi connectivity index (χ1v) is 4.80. The zero-order chi connectivity index (χ0) is 9.19. The minimum atomic E-state index is -0.509. The molecule has 0 aromatic heterocycles. The van der Waals surface area contributed by atoms with Crippen LogP contribution in [0.3, 0.4) is 0 Å². The van der Waals surface area contributed by atoms with Crippen molar-refractivity contribution in [3.63, 3.8) is 0 Å². The quantitative estimate of drug-likeness (QED) is 0.687. The van der Waals surface area contributed by atoms with Crippen LogP contribution in [-0.4, -0.2) is 16.5 Å². The maximum Gasteiger partial charge on any atom is 0.135 e. The van der Waals surface area contributed by atoms with Crippen molar-refractivity contribution in [1.29, 1.82) is 0 Å². The molecule has 1 aliphatic rings. The fraction of sp³-hybridized carbons (Fsp3) is 0.900. The Morgan fingerprint density at radius 1 is 1.50 bits per heavy atom. The van der Waals surface area contributed by atoms with Gasteiger partial charge in [-0.05, 0) is 32.6 Å². The van der Waals surface area contributed by atoms with E-state index in [2.05, 4.69) is 0 Å². The molecule has 0 aromatic rings. The second kappa shape index (κ2) is 3.56. The van der Waals surface area contributed by atoms with E-state index in [1.54, 1.807) is 0 Å². The van der Waals surface area contributed by atoms with Crippen molar-refractivity contribution in [3.8, 4) is 0 Å². The van der Waals surface area contributed by atoms with E-state index in [0.717, 1.165) is 25.7 Å². The van der Waals surface area contributed by atoms with Gasteiger partial charge in [0.1, 0.15) is 5.78 Å². The zero-order valence-electron chi connectivity index (χ0n) is 7.97. The van der Waals surface area contributed by atoms with Crippen molar-refractivity contribution in [1.82, 2.24) is 0 Å². The fourth-order valence-corrected chi connectivity index (χ4v) is 1.85. The van der Waals surface area contributed by atoms with Gasteiger partial charge in [-0.15, -0.1) is 0 Å². The summed E-state index contributed by atoms with van der Waals surface area (Å²) in [7, 11) is 0. The van der Waals surface area contributed by atoms with Crippen molar-refractivity contribution in [2.45, 2.75) is 51.6 Å². The van der Waals surface area contributed by atoms with E-state index in [1.807, 2.05) is 13.8 Å². The molecule has 1 saturated carbocycles. The number of carbonyl (C=O) groups excluding carboxylic acids is 1. The smallest absolute Gasteiger partial charge is 0.135 e. The van der Waals surface area contributed by atoms with Crippen molar-refractivity contribution in [2.24, 2.45) is 5.92 Å². The van der Waals surface area contributed by atoms with Gasteiger partial charge in [-0.3, -0.25) is 4.79 Å². The lowest BCUT2D eigenvalue weighted by molar-refractivity contribution is -0.125. The lowest BCUT2D eigenvalue weighted by Gasteiger charge is -2.32. The lowest BCUT2D eigenvalue weighted by atomic mass is 9.78. The molecule has 0 bridgehead atoms. The molecule has 12 heavy (non-hydrogen) atoms. The van der Waals surface area contributed by atoms with Gasteiger partial charge in [0.15, 0.2) is 0 Å². The second-order valence-electron chi connectivity index (χ2n) is 4.09. The molecular weight excluding hydrogens is 152 g/mol. The van der Waals surface area contributed by atoms with Crippen LogP contribution < -0.4 is 0 Å². The van der Waals surface area contributed by atoms with Gasteiger partial charge >= 0.3 is 0 Å². The largest absolute Gasteiger partial charge is 0.390 e. The first-order valence-electron chi connectivity index (χ1n) is 4.80. The number of aliphatic hydroxyl groups is 1. The molecule has 0 spiro atoms. The molecule has 2 nitrogen and oxygen atoms in total. The summed E-state index contributed by atoms with van der Waals surface area (Å²) in [6.07, 6.45) is 3.96. The van der Waals surface area contributed by atoms with Gasteiger partial charge < -0.3 is 5.11 Å². The van der Waals surface area contributed by atoms with E-state index in [1.165, 1.54) is 0 Å². The van der Waals surface area contributed by atoms with Crippen LogP contribution in [0.25, 0.3) is 0 Å². The number of carbonyl (C=O) groups is 1. The second-order valence-corrected chi connectivity index (χ2v) is 4.09. The van der Waals surface area contributed by atoms with Gasteiger partial charge in [-0.1, -0.05) is 6.92 Å². The molecule has 0 unspecified atom stereocenters. The van der Waals surface area contributed by atoms with Crippen LogP contribution in [0.15, 0.2) is 0 Å². The number of rotatable bonds is 2. The highest BCUT2D eigenvalue weighted by Crippen LogP contribution is 2.32. The first-order chi connectivity index (χ1) is 5.55. The number of hydrogen-bond donors (Lipinski definition) is 1. The van der Waals surface area contributed by atoms with Crippen LogP contribution in [0.5, 0.6) is 0 Å². The molecule has 1 N–H and O–H groups in total. The number of Topliss-reactive ketones (excluding diaryl/α,β-unsaturated/α-hetero) is 1. The fourth-order valence-electron chi connectivity index (χ4n) is 1.85. The van der Waals surface area contributed by atoms with Gasteiger partial charge in [0, 0.05) is 12.3 Å². The van der Waals surface area contributed by atoms with E-state index in [-0.39, 0.29) is 5.92 Å². The summed E-state index contributed by atoms with van der Waals surface area (Å²) < 4.78 is 0. The molecule has 0 amide bonds. The summed E-state index contributed by atoms with van der Waals surface area (Å²) in [6.45, 7) is 3.77. The molecule has 1 aliphatic carbocycles.